The third kappa shape index (κ3) is 2.81. The maximum Gasteiger partial charge on any atom is 0.259 e. The van der Waals surface area contributed by atoms with Gasteiger partial charge in [-0.25, -0.2) is 0 Å². The predicted octanol–water partition coefficient (Wildman–Crippen LogP) is 2.76. The van der Waals surface area contributed by atoms with Crippen LogP contribution in [0.15, 0.2) is 23.0 Å². The number of aliphatic hydroxyl groups excluding tert-OH is 2. The van der Waals surface area contributed by atoms with Gasteiger partial charge in [0.25, 0.3) is 5.91 Å². The van der Waals surface area contributed by atoms with Gasteiger partial charge in [0.15, 0.2) is 5.78 Å². The van der Waals surface area contributed by atoms with Crippen LogP contribution in [0.1, 0.15) is 47.5 Å². The first-order valence-corrected chi connectivity index (χ1v) is 9.83. The lowest BCUT2D eigenvalue weighted by atomic mass is 9.55. The first-order chi connectivity index (χ1) is 12.2. The van der Waals surface area contributed by atoms with E-state index in [1.54, 1.807) is 6.92 Å². The first-order valence-electron chi connectivity index (χ1n) is 9.83. The SMILES string of the molecule is CC[C@@H]1[C@@H](O)[C@H](C)C[C@@H]2C=C(C)[C@H](C)[C@@H](/C(O)=C3/C(=O)N[C@@H](C)C3=O)[C@H]12. The fraction of sp³-hybridized carbons (Fsp3) is 0.714. The highest BCUT2D eigenvalue weighted by atomic mass is 16.3. The van der Waals surface area contributed by atoms with Crippen molar-refractivity contribution in [2.45, 2.75) is 59.6 Å². The number of fused-ring (bicyclic) bond motifs is 1. The fourth-order valence-corrected chi connectivity index (χ4v) is 5.52. The Morgan fingerprint density at radius 2 is 1.92 bits per heavy atom. The molecule has 3 rings (SSSR count). The molecule has 3 N–H and O–H groups in total. The highest BCUT2D eigenvalue weighted by Gasteiger charge is 2.51. The first kappa shape index (κ1) is 19.2. The molecule has 0 radical (unpaired) electrons. The van der Waals surface area contributed by atoms with Crippen LogP contribution >= 0.6 is 0 Å². The molecule has 1 aliphatic heterocycles. The summed E-state index contributed by atoms with van der Waals surface area (Å²) in [6.45, 7) is 9.88. The van der Waals surface area contributed by atoms with Gasteiger partial charge in [-0.15, -0.1) is 0 Å². The van der Waals surface area contributed by atoms with Crippen molar-refractivity contribution in [3.05, 3.63) is 23.0 Å². The minimum atomic E-state index is -0.593. The van der Waals surface area contributed by atoms with Crippen molar-refractivity contribution in [2.24, 2.45) is 35.5 Å². The van der Waals surface area contributed by atoms with Crippen molar-refractivity contribution < 1.29 is 19.8 Å². The quantitative estimate of drug-likeness (QED) is 0.305. The molecule has 0 aromatic heterocycles. The fourth-order valence-electron chi connectivity index (χ4n) is 5.52. The summed E-state index contributed by atoms with van der Waals surface area (Å²) in [6.07, 6.45) is 3.53. The lowest BCUT2D eigenvalue weighted by Crippen LogP contribution is -2.49. The zero-order chi connectivity index (χ0) is 19.3. The van der Waals surface area contributed by atoms with Gasteiger partial charge in [-0.3, -0.25) is 9.59 Å². The molecule has 3 aliphatic rings. The number of carbonyl (C=O) groups is 2. The van der Waals surface area contributed by atoms with Crippen molar-refractivity contribution in [3.63, 3.8) is 0 Å². The standard InChI is InChI=1S/C21H31NO4/c1-6-14-16-13(8-10(3)18(14)23)7-9(2)11(4)15(16)20(25)17-19(24)12(5)22-21(17)26/h7,10-16,18,23,25H,6,8H2,1-5H3,(H,22,26)/b20-17-/t10-,11+,12+,13+,14+,15-,16+,18+/m1/s1. The Balaban J connectivity index is 2.11. The van der Waals surface area contributed by atoms with Gasteiger partial charge >= 0.3 is 0 Å². The zero-order valence-corrected chi connectivity index (χ0v) is 16.3. The van der Waals surface area contributed by atoms with E-state index >= 15 is 0 Å². The van der Waals surface area contributed by atoms with Crippen LogP contribution in [0.25, 0.3) is 0 Å². The van der Waals surface area contributed by atoms with Crippen LogP contribution in [0.5, 0.6) is 0 Å². The van der Waals surface area contributed by atoms with Gasteiger partial charge in [-0.05, 0) is 49.9 Å². The summed E-state index contributed by atoms with van der Waals surface area (Å²) >= 11 is 0. The van der Waals surface area contributed by atoms with E-state index in [1.165, 1.54) is 5.57 Å². The van der Waals surface area contributed by atoms with E-state index in [1.807, 2.05) is 6.92 Å². The predicted molar refractivity (Wildman–Crippen MR) is 99.2 cm³/mol. The molecule has 0 unspecified atom stereocenters. The lowest BCUT2D eigenvalue weighted by molar-refractivity contribution is -0.117. The summed E-state index contributed by atoms with van der Waals surface area (Å²) in [5.74, 6) is -0.650. The molecule has 5 heteroatoms. The number of hydrogen-bond donors (Lipinski definition) is 3. The van der Waals surface area contributed by atoms with Crippen LogP contribution in [0, 0.1) is 35.5 Å². The molecule has 8 atom stereocenters. The van der Waals surface area contributed by atoms with Crippen LogP contribution in [-0.2, 0) is 9.59 Å². The van der Waals surface area contributed by atoms with Crippen LogP contribution in [0.3, 0.4) is 0 Å². The third-order valence-electron chi connectivity index (χ3n) is 7.06. The summed E-state index contributed by atoms with van der Waals surface area (Å²) in [6, 6.07) is -0.593. The van der Waals surface area contributed by atoms with Crippen LogP contribution in [0.2, 0.25) is 0 Å². The number of rotatable bonds is 2. The van der Waals surface area contributed by atoms with Gasteiger partial charge in [-0.2, -0.15) is 0 Å². The van der Waals surface area contributed by atoms with Gasteiger partial charge in [0.2, 0.25) is 0 Å². The molecule has 1 heterocycles. The molecule has 1 amide bonds. The van der Waals surface area contributed by atoms with Crippen molar-refractivity contribution >= 4 is 11.7 Å². The van der Waals surface area contributed by atoms with Crippen molar-refractivity contribution in [1.82, 2.24) is 5.32 Å². The number of carbonyl (C=O) groups excluding carboxylic acids is 2. The number of ketones is 1. The second kappa shape index (κ2) is 6.84. The molecule has 26 heavy (non-hydrogen) atoms. The van der Waals surface area contributed by atoms with E-state index in [9.17, 15) is 19.8 Å². The average molecular weight is 361 g/mol. The number of nitrogens with one attached hydrogen (secondary N) is 1. The number of amides is 1. The molecule has 0 aromatic carbocycles. The van der Waals surface area contributed by atoms with Gasteiger partial charge in [0.1, 0.15) is 11.3 Å². The number of hydrogen-bond acceptors (Lipinski definition) is 4. The normalized spacial score (nSPS) is 45.1. The van der Waals surface area contributed by atoms with E-state index in [2.05, 4.69) is 32.2 Å². The molecule has 144 valence electrons. The van der Waals surface area contributed by atoms with Gasteiger partial charge in [0.05, 0.1) is 12.1 Å². The Bertz CT molecular complexity index is 679. The largest absolute Gasteiger partial charge is 0.511 e. The number of allylic oxidation sites excluding steroid dienone is 3. The number of Topliss-reactive ketones (excluding diaryl/α,β-unsaturated/α-hetero) is 1. The molecule has 2 aliphatic carbocycles. The summed E-state index contributed by atoms with van der Waals surface area (Å²) in [4.78, 5) is 24.7. The lowest BCUT2D eigenvalue weighted by Gasteiger charge is -2.51. The second-order valence-electron chi connectivity index (χ2n) is 8.56. The average Bonchev–Trinajstić information content (AvgIpc) is 2.83. The molecular formula is C21H31NO4. The minimum absolute atomic E-state index is 0.0231. The smallest absolute Gasteiger partial charge is 0.259 e. The summed E-state index contributed by atoms with van der Waals surface area (Å²) in [5, 5.41) is 24.5. The highest BCUT2D eigenvalue weighted by Crippen LogP contribution is 2.52. The molecule has 1 saturated heterocycles. The van der Waals surface area contributed by atoms with E-state index in [-0.39, 0.29) is 52.6 Å². The Kier molecular flexibility index (Phi) is 5.04. The highest BCUT2D eigenvalue weighted by molar-refractivity contribution is 6.26. The third-order valence-corrected chi connectivity index (χ3v) is 7.06. The van der Waals surface area contributed by atoms with Crippen LogP contribution in [-0.4, -0.2) is 34.0 Å². The summed E-state index contributed by atoms with van der Waals surface area (Å²) in [7, 11) is 0. The van der Waals surface area contributed by atoms with Crippen LogP contribution in [0.4, 0.5) is 0 Å². The van der Waals surface area contributed by atoms with Crippen molar-refractivity contribution in [1.29, 1.82) is 0 Å². The molecule has 1 saturated carbocycles. The van der Waals surface area contributed by atoms with E-state index in [0.717, 1.165) is 12.8 Å². The Hall–Kier alpha value is -1.62. The van der Waals surface area contributed by atoms with Gasteiger partial charge in [0, 0.05) is 5.92 Å². The Labute approximate surface area is 155 Å². The van der Waals surface area contributed by atoms with Crippen LogP contribution < -0.4 is 5.32 Å². The summed E-state index contributed by atoms with van der Waals surface area (Å²) < 4.78 is 0. The molecule has 5 nitrogen and oxygen atoms in total. The second-order valence-corrected chi connectivity index (χ2v) is 8.56. The topological polar surface area (TPSA) is 86.6 Å². The monoisotopic (exact) mass is 361 g/mol. The Morgan fingerprint density at radius 3 is 2.46 bits per heavy atom. The summed E-state index contributed by atoms with van der Waals surface area (Å²) in [5.41, 5.74) is 1.10. The Morgan fingerprint density at radius 1 is 1.27 bits per heavy atom. The maximum atomic E-state index is 12.5. The van der Waals surface area contributed by atoms with E-state index in [0.29, 0.717) is 0 Å². The minimum Gasteiger partial charge on any atom is -0.511 e. The molecule has 0 bridgehead atoms. The van der Waals surface area contributed by atoms with Gasteiger partial charge < -0.3 is 15.5 Å². The molecular weight excluding hydrogens is 330 g/mol. The zero-order valence-electron chi connectivity index (χ0n) is 16.3. The van der Waals surface area contributed by atoms with E-state index in [4.69, 9.17) is 0 Å². The van der Waals surface area contributed by atoms with Crippen molar-refractivity contribution in [2.75, 3.05) is 0 Å². The van der Waals surface area contributed by atoms with Gasteiger partial charge in [-0.1, -0.05) is 38.8 Å². The molecule has 0 spiro atoms. The van der Waals surface area contributed by atoms with E-state index < -0.39 is 18.1 Å². The van der Waals surface area contributed by atoms with Crippen molar-refractivity contribution in [3.8, 4) is 0 Å². The molecule has 0 aromatic rings. The maximum absolute atomic E-state index is 12.5. The molecule has 2 fully saturated rings. The number of aliphatic hydroxyl groups is 2.